The van der Waals surface area contributed by atoms with Crippen molar-refractivity contribution in [3.8, 4) is 0 Å². The van der Waals surface area contributed by atoms with Crippen LogP contribution >= 0.6 is 15.9 Å². The predicted molar refractivity (Wildman–Crippen MR) is 66.0 cm³/mol. The molecule has 17 heavy (non-hydrogen) atoms. The summed E-state index contributed by atoms with van der Waals surface area (Å²) in [5.74, 6) is -1.53. The van der Waals surface area contributed by atoms with E-state index >= 15 is 0 Å². The number of anilines is 1. The highest BCUT2D eigenvalue weighted by Crippen LogP contribution is 2.22. The summed E-state index contributed by atoms with van der Waals surface area (Å²) in [6.45, 7) is 1.40. The third-order valence-electron chi connectivity index (χ3n) is 2.04. The molecule has 0 saturated heterocycles. The number of primary amides is 1. The largest absolute Gasteiger partial charge is 0.366 e. The number of alkyl halides is 1. The summed E-state index contributed by atoms with van der Waals surface area (Å²) in [7, 11) is -3.61. The van der Waals surface area contributed by atoms with Crippen molar-refractivity contribution in [2.75, 3.05) is 9.38 Å². The SMILES string of the molecule is Cc1c(F)cc(C(N)=O)cc1NS(=O)(=O)CBr. The number of halogens is 2. The molecule has 0 unspecified atom stereocenters. The molecule has 0 aliphatic heterocycles. The van der Waals surface area contributed by atoms with Gasteiger partial charge < -0.3 is 5.73 Å². The van der Waals surface area contributed by atoms with E-state index in [9.17, 15) is 17.6 Å². The van der Waals surface area contributed by atoms with Crippen molar-refractivity contribution in [1.29, 1.82) is 0 Å². The first-order valence-corrected chi connectivity index (χ1v) is 7.20. The number of hydrogen-bond donors (Lipinski definition) is 2. The minimum Gasteiger partial charge on any atom is -0.366 e. The number of amides is 1. The van der Waals surface area contributed by atoms with Gasteiger partial charge in [-0.15, -0.1) is 0 Å². The third-order valence-corrected chi connectivity index (χ3v) is 4.66. The van der Waals surface area contributed by atoms with Crippen molar-refractivity contribution in [2.24, 2.45) is 5.73 Å². The van der Waals surface area contributed by atoms with E-state index in [2.05, 4.69) is 20.7 Å². The molecule has 3 N–H and O–H groups in total. The molecule has 0 saturated carbocycles. The van der Waals surface area contributed by atoms with Crippen LogP contribution in [0.15, 0.2) is 12.1 Å². The van der Waals surface area contributed by atoms with Crippen LogP contribution in [0, 0.1) is 12.7 Å². The molecule has 8 heteroatoms. The number of benzene rings is 1. The highest BCUT2D eigenvalue weighted by atomic mass is 79.9. The molecular formula is C9H10BrFN2O3S. The van der Waals surface area contributed by atoms with Crippen molar-refractivity contribution >= 4 is 37.5 Å². The monoisotopic (exact) mass is 324 g/mol. The number of sulfonamides is 1. The van der Waals surface area contributed by atoms with Gasteiger partial charge in [0.1, 0.15) is 10.5 Å². The van der Waals surface area contributed by atoms with Gasteiger partial charge in [-0.1, -0.05) is 15.9 Å². The van der Waals surface area contributed by atoms with Crippen molar-refractivity contribution in [1.82, 2.24) is 0 Å². The summed E-state index contributed by atoms with van der Waals surface area (Å²) in [6.07, 6.45) is 0. The van der Waals surface area contributed by atoms with Gasteiger partial charge in [-0.2, -0.15) is 0 Å². The van der Waals surface area contributed by atoms with Crippen LogP contribution in [0.3, 0.4) is 0 Å². The average molecular weight is 325 g/mol. The second-order valence-corrected chi connectivity index (χ2v) is 6.35. The summed E-state index contributed by atoms with van der Waals surface area (Å²) in [5.41, 5.74) is 5.00. The second kappa shape index (κ2) is 5.01. The molecule has 0 bridgehead atoms. The molecule has 0 spiro atoms. The first-order valence-electron chi connectivity index (χ1n) is 4.43. The maximum absolute atomic E-state index is 13.4. The lowest BCUT2D eigenvalue weighted by atomic mass is 10.1. The molecule has 0 aliphatic carbocycles. The topological polar surface area (TPSA) is 89.3 Å². The van der Waals surface area contributed by atoms with E-state index in [1.165, 1.54) is 13.0 Å². The molecule has 94 valence electrons. The Morgan fingerprint density at radius 2 is 2.12 bits per heavy atom. The van der Waals surface area contributed by atoms with Gasteiger partial charge >= 0.3 is 0 Å². The number of hydrogen-bond acceptors (Lipinski definition) is 3. The molecule has 0 radical (unpaired) electrons. The number of nitrogens with one attached hydrogen (secondary N) is 1. The second-order valence-electron chi connectivity index (χ2n) is 3.32. The minimum atomic E-state index is -3.61. The Morgan fingerprint density at radius 1 is 1.53 bits per heavy atom. The molecule has 0 heterocycles. The van der Waals surface area contributed by atoms with Crippen LogP contribution in [0.4, 0.5) is 10.1 Å². The Kier molecular flexibility index (Phi) is 4.10. The highest BCUT2D eigenvalue weighted by Gasteiger charge is 2.15. The normalized spacial score (nSPS) is 11.2. The van der Waals surface area contributed by atoms with Gasteiger partial charge in [-0.05, 0) is 19.1 Å². The lowest BCUT2D eigenvalue weighted by Crippen LogP contribution is -2.17. The molecule has 0 aromatic heterocycles. The molecule has 0 aliphatic rings. The van der Waals surface area contributed by atoms with Crippen LogP contribution in [0.5, 0.6) is 0 Å². The molecule has 0 fully saturated rings. The van der Waals surface area contributed by atoms with Gasteiger partial charge in [-0.25, -0.2) is 12.8 Å². The Bertz CT molecular complexity index is 560. The van der Waals surface area contributed by atoms with E-state index in [0.717, 1.165) is 6.07 Å². The Labute approximate surface area is 106 Å². The van der Waals surface area contributed by atoms with Crippen LogP contribution in [0.2, 0.25) is 0 Å². The zero-order chi connectivity index (χ0) is 13.2. The first-order chi connectivity index (χ1) is 7.76. The van der Waals surface area contributed by atoms with E-state index in [0.29, 0.717) is 0 Å². The van der Waals surface area contributed by atoms with Gasteiger partial charge in [0.2, 0.25) is 15.9 Å². The number of nitrogens with two attached hydrogens (primary N) is 1. The van der Waals surface area contributed by atoms with E-state index in [1.807, 2.05) is 0 Å². The van der Waals surface area contributed by atoms with Crippen LogP contribution in [-0.4, -0.2) is 19.0 Å². The van der Waals surface area contributed by atoms with Crippen molar-refractivity contribution in [2.45, 2.75) is 6.92 Å². The summed E-state index contributed by atoms with van der Waals surface area (Å²) in [6, 6.07) is 2.16. The smallest absolute Gasteiger partial charge is 0.248 e. The highest BCUT2D eigenvalue weighted by molar-refractivity contribution is 9.10. The van der Waals surface area contributed by atoms with E-state index in [4.69, 9.17) is 5.73 Å². The van der Waals surface area contributed by atoms with Gasteiger partial charge in [-0.3, -0.25) is 9.52 Å². The van der Waals surface area contributed by atoms with Gasteiger partial charge in [0, 0.05) is 11.1 Å². The van der Waals surface area contributed by atoms with Crippen LogP contribution < -0.4 is 10.5 Å². The van der Waals surface area contributed by atoms with Crippen molar-refractivity contribution in [3.63, 3.8) is 0 Å². The predicted octanol–water partition coefficient (Wildman–Crippen LogP) is 1.33. The van der Waals surface area contributed by atoms with E-state index in [-0.39, 0.29) is 21.5 Å². The Morgan fingerprint density at radius 3 is 2.59 bits per heavy atom. The van der Waals surface area contributed by atoms with Crippen LogP contribution in [0.25, 0.3) is 0 Å². The number of carbonyl (C=O) groups excluding carboxylic acids is 1. The lowest BCUT2D eigenvalue weighted by Gasteiger charge is -2.10. The summed E-state index contributed by atoms with van der Waals surface area (Å²) in [4.78, 5) is 10.9. The molecule has 1 amide bonds. The first kappa shape index (κ1) is 13.9. The molecule has 1 aromatic rings. The maximum atomic E-state index is 13.4. The summed E-state index contributed by atoms with van der Waals surface area (Å²) in [5, 5.41) is 0. The van der Waals surface area contributed by atoms with E-state index < -0.39 is 21.7 Å². The Hall–Kier alpha value is -1.15. The molecule has 1 aromatic carbocycles. The van der Waals surface area contributed by atoms with Gasteiger partial charge in [0.25, 0.3) is 0 Å². The number of carbonyl (C=O) groups is 1. The maximum Gasteiger partial charge on any atom is 0.248 e. The lowest BCUT2D eigenvalue weighted by molar-refractivity contribution is 0.1000. The Balaban J connectivity index is 3.28. The fraction of sp³-hybridized carbons (Fsp3) is 0.222. The van der Waals surface area contributed by atoms with E-state index in [1.54, 1.807) is 0 Å². The number of rotatable bonds is 4. The summed E-state index contributed by atoms with van der Waals surface area (Å²) < 4.78 is 37.9. The van der Waals surface area contributed by atoms with Gasteiger partial charge in [0.05, 0.1) is 5.69 Å². The van der Waals surface area contributed by atoms with Crippen molar-refractivity contribution < 1.29 is 17.6 Å². The van der Waals surface area contributed by atoms with Crippen molar-refractivity contribution in [3.05, 3.63) is 29.1 Å². The van der Waals surface area contributed by atoms with Crippen LogP contribution in [-0.2, 0) is 10.0 Å². The molecule has 0 atom stereocenters. The van der Waals surface area contributed by atoms with Crippen LogP contribution in [0.1, 0.15) is 15.9 Å². The molecule has 5 nitrogen and oxygen atoms in total. The third kappa shape index (κ3) is 3.40. The molecular weight excluding hydrogens is 315 g/mol. The minimum absolute atomic E-state index is 0.00162. The average Bonchev–Trinajstić information content (AvgIpc) is 2.24. The standard InChI is InChI=1S/C9H10BrFN2O3S/c1-5-7(11)2-6(9(12)14)3-8(5)13-17(15,16)4-10/h2-3,13H,4H2,1H3,(H2,12,14). The fourth-order valence-corrected chi connectivity index (χ4v) is 2.07. The molecule has 1 rings (SSSR count). The van der Waals surface area contributed by atoms with Gasteiger partial charge in [0.15, 0.2) is 0 Å². The quantitative estimate of drug-likeness (QED) is 0.819. The zero-order valence-electron chi connectivity index (χ0n) is 8.83. The summed E-state index contributed by atoms with van der Waals surface area (Å²) >= 11 is 2.78. The fourth-order valence-electron chi connectivity index (χ4n) is 1.12. The zero-order valence-corrected chi connectivity index (χ0v) is 11.2.